The molecule has 0 saturated carbocycles. The van der Waals surface area contributed by atoms with Crippen LogP contribution in [0.5, 0.6) is 0 Å². The average Bonchev–Trinajstić information content (AvgIpc) is 2.92. The summed E-state index contributed by atoms with van der Waals surface area (Å²) in [7, 11) is -0.416. The molecule has 4 rings (SSSR count). The first-order chi connectivity index (χ1) is 16.8. The highest BCUT2D eigenvalue weighted by Gasteiger charge is 2.15. The van der Waals surface area contributed by atoms with Gasteiger partial charge in [-0.25, -0.2) is 0 Å². The fraction of sp³-hybridized carbons (Fsp3) is 0.138. The predicted molar refractivity (Wildman–Crippen MR) is 144 cm³/mol. The molecule has 0 heterocycles. The predicted octanol–water partition coefficient (Wildman–Crippen LogP) is 6.93. The maximum atomic E-state index is 8.90. The minimum Gasteiger partial charge on any atom is -0.371 e. The Morgan fingerprint density at radius 1 is 0.706 bits per heavy atom. The summed E-state index contributed by atoms with van der Waals surface area (Å²) < 4.78 is 0. The number of hydrogen-bond acceptors (Lipinski definition) is 4. The molecule has 0 saturated heterocycles. The summed E-state index contributed by atoms with van der Waals surface area (Å²) in [6.45, 7) is 4.13. The van der Waals surface area contributed by atoms with Crippen LogP contribution in [0.4, 0.5) is 17.1 Å². The highest BCUT2D eigenvalue weighted by Crippen LogP contribution is 2.34. The lowest BCUT2D eigenvalue weighted by atomic mass is 10.2. The minimum absolute atomic E-state index is 0.416. The van der Waals surface area contributed by atoms with Crippen molar-refractivity contribution in [3.05, 3.63) is 115 Å². The first-order valence-electron chi connectivity index (χ1n) is 11.4. The molecule has 0 atom stereocenters. The fourth-order valence-electron chi connectivity index (χ4n) is 3.76. The van der Waals surface area contributed by atoms with E-state index in [0.29, 0.717) is 5.56 Å². The lowest BCUT2D eigenvalue weighted by molar-refractivity contribution is 0.871. The Hall–Kier alpha value is -3.80. The third kappa shape index (κ3) is 6.16. The van der Waals surface area contributed by atoms with Crippen LogP contribution in [0.3, 0.4) is 0 Å². The van der Waals surface area contributed by atoms with Gasteiger partial charge in [-0.2, -0.15) is 15.5 Å². The number of anilines is 1. The van der Waals surface area contributed by atoms with E-state index in [1.54, 1.807) is 24.3 Å². The summed E-state index contributed by atoms with van der Waals surface area (Å²) in [4.78, 5) is 2.42. The van der Waals surface area contributed by atoms with Gasteiger partial charge in [0.1, 0.15) is 0 Å². The van der Waals surface area contributed by atoms with Crippen molar-refractivity contribution in [2.45, 2.75) is 6.92 Å². The molecular weight excluding hydrogens is 435 g/mol. The average molecular weight is 463 g/mol. The van der Waals surface area contributed by atoms with Gasteiger partial charge in [-0.1, -0.05) is 60.7 Å². The molecule has 4 aromatic rings. The van der Waals surface area contributed by atoms with Crippen molar-refractivity contribution in [3.63, 3.8) is 0 Å². The maximum absolute atomic E-state index is 8.90. The molecule has 0 N–H and O–H groups in total. The molecule has 4 aromatic carbocycles. The number of hydrogen-bond donors (Lipinski definition) is 0. The second kappa shape index (κ2) is 11.9. The Bertz CT molecular complexity index is 1190. The monoisotopic (exact) mass is 462 g/mol. The van der Waals surface area contributed by atoms with E-state index in [0.717, 1.165) is 30.6 Å². The summed E-state index contributed by atoms with van der Waals surface area (Å²) >= 11 is 0. The van der Waals surface area contributed by atoms with E-state index in [9.17, 15) is 0 Å². The highest BCUT2D eigenvalue weighted by molar-refractivity contribution is 7.73. The summed E-state index contributed by atoms with van der Waals surface area (Å²) in [6.07, 6.45) is 1.09. The molecule has 0 fully saturated rings. The first kappa shape index (κ1) is 23.4. The molecule has 4 nitrogen and oxygen atoms in total. The van der Waals surface area contributed by atoms with Crippen molar-refractivity contribution in [2.24, 2.45) is 10.2 Å². The van der Waals surface area contributed by atoms with Crippen molar-refractivity contribution in [2.75, 3.05) is 24.2 Å². The third-order valence-corrected chi connectivity index (χ3v) is 8.09. The van der Waals surface area contributed by atoms with Crippen molar-refractivity contribution in [1.82, 2.24) is 0 Å². The van der Waals surface area contributed by atoms with Gasteiger partial charge >= 0.3 is 0 Å². The molecule has 0 aliphatic heterocycles. The second-order valence-corrected chi connectivity index (χ2v) is 10.1. The molecule has 34 heavy (non-hydrogen) atoms. The van der Waals surface area contributed by atoms with E-state index in [1.807, 2.05) is 12.1 Å². The molecule has 0 unspecified atom stereocenters. The molecular formula is C29H27N4P. The molecule has 0 amide bonds. The minimum atomic E-state index is -0.416. The molecule has 0 radical (unpaired) electrons. The number of benzene rings is 4. The Labute approximate surface area is 203 Å². The Balaban J connectivity index is 1.44. The standard InChI is InChI=1S/C29H27N4P/c1-2-33(21-22-34(28-9-5-3-6-10-28)29-11-7-4-8-12-29)27-19-17-26(18-20-27)32-31-25-15-13-24(23-30)14-16-25/h3-20H,2,21-22H2,1H3. The van der Waals surface area contributed by atoms with Crippen molar-refractivity contribution in [1.29, 1.82) is 5.26 Å². The zero-order valence-corrected chi connectivity index (χ0v) is 20.1. The number of nitrogens with zero attached hydrogens (tertiary/aromatic N) is 4. The van der Waals surface area contributed by atoms with Gasteiger partial charge in [-0.05, 0) is 80.1 Å². The smallest absolute Gasteiger partial charge is 0.0991 e. The van der Waals surface area contributed by atoms with Gasteiger partial charge in [0.05, 0.1) is 23.0 Å². The van der Waals surface area contributed by atoms with Gasteiger partial charge in [0.2, 0.25) is 0 Å². The number of azo groups is 1. The van der Waals surface area contributed by atoms with Crippen LogP contribution in [0.15, 0.2) is 119 Å². The lowest BCUT2D eigenvalue weighted by Gasteiger charge is -2.27. The van der Waals surface area contributed by atoms with E-state index < -0.39 is 7.92 Å². The first-order valence-corrected chi connectivity index (χ1v) is 12.9. The summed E-state index contributed by atoms with van der Waals surface area (Å²) in [5.41, 5.74) is 3.34. The van der Waals surface area contributed by atoms with Crippen molar-refractivity contribution in [3.8, 4) is 6.07 Å². The summed E-state index contributed by atoms with van der Waals surface area (Å²) in [5.74, 6) is 0. The van der Waals surface area contributed by atoms with Crippen LogP contribution in [0.1, 0.15) is 12.5 Å². The topological polar surface area (TPSA) is 51.8 Å². The molecule has 168 valence electrons. The van der Waals surface area contributed by atoms with E-state index in [2.05, 4.69) is 101 Å². The quantitative estimate of drug-likeness (QED) is 0.200. The van der Waals surface area contributed by atoms with E-state index in [4.69, 9.17) is 5.26 Å². The van der Waals surface area contributed by atoms with Gasteiger partial charge in [-0.15, -0.1) is 0 Å². The normalized spacial score (nSPS) is 11.0. The third-order valence-electron chi connectivity index (χ3n) is 5.60. The van der Waals surface area contributed by atoms with Crippen LogP contribution in [-0.4, -0.2) is 19.3 Å². The van der Waals surface area contributed by atoms with Crippen LogP contribution >= 0.6 is 7.92 Å². The van der Waals surface area contributed by atoms with Crippen molar-refractivity contribution < 1.29 is 0 Å². The largest absolute Gasteiger partial charge is 0.371 e. The molecule has 0 aromatic heterocycles. The van der Waals surface area contributed by atoms with E-state index in [1.165, 1.54) is 16.3 Å². The van der Waals surface area contributed by atoms with Crippen LogP contribution < -0.4 is 15.5 Å². The van der Waals surface area contributed by atoms with Gasteiger partial charge in [0.15, 0.2) is 0 Å². The van der Waals surface area contributed by atoms with Crippen LogP contribution in [0, 0.1) is 11.3 Å². The zero-order chi connectivity index (χ0) is 23.6. The molecule has 0 bridgehead atoms. The zero-order valence-electron chi connectivity index (χ0n) is 19.2. The van der Waals surface area contributed by atoms with Crippen LogP contribution in [0.2, 0.25) is 0 Å². The fourth-order valence-corrected chi connectivity index (χ4v) is 6.08. The maximum Gasteiger partial charge on any atom is 0.0991 e. The van der Waals surface area contributed by atoms with Gasteiger partial charge < -0.3 is 4.90 Å². The number of nitriles is 1. The van der Waals surface area contributed by atoms with Crippen LogP contribution in [0.25, 0.3) is 0 Å². The van der Waals surface area contributed by atoms with Gasteiger partial charge in [0.25, 0.3) is 0 Å². The molecule has 0 aliphatic rings. The highest BCUT2D eigenvalue weighted by atomic mass is 31.1. The van der Waals surface area contributed by atoms with Crippen molar-refractivity contribution >= 4 is 35.6 Å². The number of rotatable bonds is 9. The second-order valence-electron chi connectivity index (χ2n) is 7.78. The van der Waals surface area contributed by atoms with Crippen LogP contribution in [-0.2, 0) is 0 Å². The summed E-state index contributed by atoms with van der Waals surface area (Å²) in [6, 6.07) is 39.2. The Morgan fingerprint density at radius 2 is 1.21 bits per heavy atom. The van der Waals surface area contributed by atoms with E-state index in [-0.39, 0.29) is 0 Å². The molecule has 0 spiro atoms. The Kier molecular flexibility index (Phi) is 8.17. The lowest BCUT2D eigenvalue weighted by Crippen LogP contribution is -2.28. The summed E-state index contributed by atoms with van der Waals surface area (Å²) in [5, 5.41) is 20.4. The van der Waals surface area contributed by atoms with Gasteiger partial charge in [-0.3, -0.25) is 0 Å². The van der Waals surface area contributed by atoms with Gasteiger partial charge in [0, 0.05) is 18.8 Å². The Morgan fingerprint density at radius 3 is 1.68 bits per heavy atom. The molecule has 5 heteroatoms. The van der Waals surface area contributed by atoms with E-state index >= 15 is 0 Å². The molecule has 0 aliphatic carbocycles. The SMILES string of the molecule is CCN(CCP(c1ccccc1)c1ccccc1)c1ccc(N=Nc2ccc(C#N)cc2)cc1.